The van der Waals surface area contributed by atoms with E-state index in [0.717, 1.165) is 0 Å². The summed E-state index contributed by atoms with van der Waals surface area (Å²) in [5, 5.41) is 0. The molecule has 0 fully saturated rings. The zero-order chi connectivity index (χ0) is 8.39. The van der Waals surface area contributed by atoms with E-state index in [9.17, 15) is 0 Å². The first kappa shape index (κ1) is 11.0. The molecule has 1 N–H and O–H groups in total. The van der Waals surface area contributed by atoms with Crippen molar-refractivity contribution in [2.45, 2.75) is 25.3 Å². The highest BCUT2D eigenvalue weighted by atomic mass is 79.9. The molecule has 0 spiro atoms. The first-order chi connectivity index (χ1) is 5.92. The van der Waals surface area contributed by atoms with Crippen LogP contribution >= 0.6 is 28.6 Å². The van der Waals surface area contributed by atoms with Gasteiger partial charge in [-0.05, 0) is 30.4 Å². The van der Waals surface area contributed by atoms with E-state index < -0.39 is 0 Å². The molecule has 1 aliphatic rings. The van der Waals surface area contributed by atoms with Crippen LogP contribution in [0.1, 0.15) is 30.0 Å². The average molecular weight is 263 g/mol. The summed E-state index contributed by atoms with van der Waals surface area (Å²) in [7, 11) is 0. The van der Waals surface area contributed by atoms with Crippen LogP contribution in [0.15, 0.2) is 24.3 Å². The highest BCUT2D eigenvalue weighted by Crippen LogP contribution is 2.29. The predicted molar refractivity (Wildman–Crippen MR) is 61.4 cm³/mol. The highest BCUT2D eigenvalue weighted by molar-refractivity contribution is 9.08. The third-order valence-corrected chi connectivity index (χ3v) is 3.05. The first-order valence-electron chi connectivity index (χ1n) is 4.36. The second-order valence-corrected chi connectivity index (χ2v) is 3.71. The monoisotopic (exact) mass is 261 g/mol. The van der Waals surface area contributed by atoms with E-state index in [1.807, 2.05) is 0 Å². The predicted octanol–water partition coefficient (Wildman–Crippen LogP) is 3.39. The largest absolute Gasteiger partial charge is 0.248 e. The van der Waals surface area contributed by atoms with E-state index in [1.54, 1.807) is 0 Å². The number of halogens is 2. The molecule has 0 bridgehead atoms. The Morgan fingerprint density at radius 2 is 2.08 bits per heavy atom. The van der Waals surface area contributed by atoms with Crippen molar-refractivity contribution in [3.05, 3.63) is 35.4 Å². The molecule has 0 aromatic heterocycles. The summed E-state index contributed by atoms with van der Waals surface area (Å²) in [6.07, 6.45) is 3.77. The fourth-order valence-corrected chi connectivity index (χ4v) is 2.34. The van der Waals surface area contributed by atoms with Crippen LogP contribution in [0, 0.1) is 0 Å². The van der Waals surface area contributed by atoms with Crippen LogP contribution in [0.2, 0.25) is 0 Å². The Bertz CT molecular complexity index is 277. The first-order valence-corrected chi connectivity index (χ1v) is 5.15. The van der Waals surface area contributed by atoms with E-state index in [2.05, 4.69) is 44.8 Å². The van der Waals surface area contributed by atoms with Gasteiger partial charge in [0.15, 0.2) is 0 Å². The second-order valence-electron chi connectivity index (χ2n) is 3.25. The Morgan fingerprint density at radius 3 is 2.85 bits per heavy atom. The lowest BCUT2D eigenvalue weighted by molar-refractivity contribution is 0.548. The van der Waals surface area contributed by atoms with Crippen molar-refractivity contribution in [1.82, 2.24) is 4.34 Å². The second kappa shape index (κ2) is 4.99. The maximum absolute atomic E-state index is 3.33. The molecule has 2 rings (SSSR count). The van der Waals surface area contributed by atoms with E-state index in [1.165, 1.54) is 30.4 Å². The topological polar surface area (TPSA) is 12.0 Å². The Balaban J connectivity index is 0.000000845. The molecule has 1 aliphatic carbocycles. The Labute approximate surface area is 93.7 Å². The zero-order valence-corrected chi connectivity index (χ0v) is 9.70. The SMILES string of the molecule is BrNC1CCCc2ccccc21.Cl. The molecule has 1 aromatic rings. The molecule has 72 valence electrons. The summed E-state index contributed by atoms with van der Waals surface area (Å²) in [5.74, 6) is 0. The van der Waals surface area contributed by atoms with E-state index >= 15 is 0 Å². The molecule has 13 heavy (non-hydrogen) atoms. The molecule has 1 nitrogen and oxygen atoms in total. The molecule has 0 saturated carbocycles. The van der Waals surface area contributed by atoms with Gasteiger partial charge in [0.25, 0.3) is 0 Å². The molecule has 0 heterocycles. The lowest BCUT2D eigenvalue weighted by Crippen LogP contribution is -2.17. The van der Waals surface area contributed by atoms with Gasteiger partial charge in [-0.15, -0.1) is 12.4 Å². The van der Waals surface area contributed by atoms with Crippen molar-refractivity contribution in [3.8, 4) is 0 Å². The molecular weight excluding hydrogens is 249 g/mol. The van der Waals surface area contributed by atoms with Gasteiger partial charge in [0.05, 0.1) is 0 Å². The van der Waals surface area contributed by atoms with Crippen LogP contribution in [-0.4, -0.2) is 0 Å². The van der Waals surface area contributed by atoms with Gasteiger partial charge in [-0.1, -0.05) is 24.3 Å². The number of nitrogens with one attached hydrogen (secondary N) is 1. The van der Waals surface area contributed by atoms with Crippen molar-refractivity contribution in [3.63, 3.8) is 0 Å². The average Bonchev–Trinajstić information content (AvgIpc) is 2.17. The molecule has 1 unspecified atom stereocenters. The molecule has 1 atom stereocenters. The number of rotatable bonds is 1. The zero-order valence-electron chi connectivity index (χ0n) is 7.29. The minimum absolute atomic E-state index is 0. The molecular formula is C10H13BrClN. The summed E-state index contributed by atoms with van der Waals surface area (Å²) in [5.41, 5.74) is 2.96. The van der Waals surface area contributed by atoms with Gasteiger partial charge >= 0.3 is 0 Å². The van der Waals surface area contributed by atoms with Gasteiger partial charge in [-0.3, -0.25) is 0 Å². The van der Waals surface area contributed by atoms with E-state index in [0.29, 0.717) is 6.04 Å². The standard InChI is InChI=1S/C10H12BrN.ClH/c11-12-10-7-3-5-8-4-1-2-6-9(8)10;/h1-2,4,6,10,12H,3,5,7H2;1H. The van der Waals surface area contributed by atoms with Crippen LogP contribution in [0.3, 0.4) is 0 Å². The highest BCUT2D eigenvalue weighted by Gasteiger charge is 2.17. The maximum Gasteiger partial charge on any atom is 0.0427 e. The van der Waals surface area contributed by atoms with Crippen molar-refractivity contribution >= 4 is 28.6 Å². The number of hydrogen-bond donors (Lipinski definition) is 1. The van der Waals surface area contributed by atoms with E-state index in [4.69, 9.17) is 0 Å². The van der Waals surface area contributed by atoms with Gasteiger partial charge in [0.2, 0.25) is 0 Å². The molecule has 1 aromatic carbocycles. The fourth-order valence-electron chi connectivity index (χ4n) is 1.87. The molecule has 0 aliphatic heterocycles. The molecule has 0 radical (unpaired) electrons. The minimum atomic E-state index is 0. The van der Waals surface area contributed by atoms with Gasteiger partial charge in [0, 0.05) is 22.2 Å². The lowest BCUT2D eigenvalue weighted by Gasteiger charge is -2.23. The maximum atomic E-state index is 3.33. The van der Waals surface area contributed by atoms with Crippen molar-refractivity contribution < 1.29 is 0 Å². The van der Waals surface area contributed by atoms with Gasteiger partial charge < -0.3 is 0 Å². The van der Waals surface area contributed by atoms with Crippen LogP contribution < -0.4 is 4.34 Å². The van der Waals surface area contributed by atoms with Crippen molar-refractivity contribution in [2.75, 3.05) is 0 Å². The Hall–Kier alpha value is -0.0500. The number of benzene rings is 1. The van der Waals surface area contributed by atoms with Gasteiger partial charge in [-0.25, -0.2) is 4.34 Å². The van der Waals surface area contributed by atoms with Crippen molar-refractivity contribution in [2.24, 2.45) is 0 Å². The van der Waals surface area contributed by atoms with E-state index in [-0.39, 0.29) is 12.4 Å². The summed E-state index contributed by atoms with van der Waals surface area (Å²) >= 11 is 3.33. The molecule has 0 amide bonds. The van der Waals surface area contributed by atoms with Crippen molar-refractivity contribution in [1.29, 1.82) is 0 Å². The van der Waals surface area contributed by atoms with Gasteiger partial charge in [-0.2, -0.15) is 0 Å². The molecule has 0 saturated heterocycles. The van der Waals surface area contributed by atoms with Crippen LogP contribution in [0.4, 0.5) is 0 Å². The normalized spacial score (nSPS) is 20.2. The Morgan fingerprint density at radius 1 is 1.31 bits per heavy atom. The summed E-state index contributed by atoms with van der Waals surface area (Å²) in [6.45, 7) is 0. The number of fused-ring (bicyclic) bond motifs is 1. The van der Waals surface area contributed by atoms with Crippen LogP contribution in [0.25, 0.3) is 0 Å². The third kappa shape index (κ3) is 2.25. The van der Waals surface area contributed by atoms with Crippen LogP contribution in [-0.2, 0) is 6.42 Å². The minimum Gasteiger partial charge on any atom is -0.248 e. The lowest BCUT2D eigenvalue weighted by atomic mass is 9.88. The third-order valence-electron chi connectivity index (χ3n) is 2.50. The quantitative estimate of drug-likeness (QED) is 0.765. The smallest absolute Gasteiger partial charge is 0.0427 e. The Kier molecular flexibility index (Phi) is 4.23. The summed E-state index contributed by atoms with van der Waals surface area (Å²) in [6, 6.07) is 9.19. The summed E-state index contributed by atoms with van der Waals surface area (Å²) in [4.78, 5) is 0. The molecule has 3 heteroatoms. The number of hydrogen-bond acceptors (Lipinski definition) is 1. The fraction of sp³-hybridized carbons (Fsp3) is 0.400. The summed E-state index contributed by atoms with van der Waals surface area (Å²) < 4.78 is 3.17. The van der Waals surface area contributed by atoms with Gasteiger partial charge in [0.1, 0.15) is 0 Å². The van der Waals surface area contributed by atoms with Crippen LogP contribution in [0.5, 0.6) is 0 Å². The number of aryl methyl sites for hydroxylation is 1.